The number of carbonyl (C=O) groups is 1. The summed E-state index contributed by atoms with van der Waals surface area (Å²) in [5.41, 5.74) is 2.40. The Bertz CT molecular complexity index is 996. The third-order valence-electron chi connectivity index (χ3n) is 3.32. The van der Waals surface area contributed by atoms with Crippen LogP contribution in [-0.4, -0.2) is 22.7 Å². The van der Waals surface area contributed by atoms with Crippen molar-refractivity contribution in [3.63, 3.8) is 0 Å². The quantitative estimate of drug-likeness (QED) is 0.685. The SMILES string of the molecule is C=C(C)n1nc(-c2ccc(NC(=O)c3ccc(S)o3)cc2)sc1=NC. The lowest BCUT2D eigenvalue weighted by Gasteiger charge is -2.04. The van der Waals surface area contributed by atoms with Crippen LogP contribution in [0.2, 0.25) is 0 Å². The molecule has 0 aliphatic heterocycles. The highest BCUT2D eigenvalue weighted by atomic mass is 32.1. The molecule has 3 aromatic rings. The Balaban J connectivity index is 1.81. The van der Waals surface area contributed by atoms with Crippen LogP contribution in [-0.2, 0) is 0 Å². The molecule has 1 amide bonds. The highest BCUT2D eigenvalue weighted by Gasteiger charge is 2.11. The van der Waals surface area contributed by atoms with Gasteiger partial charge in [0.05, 0.1) is 0 Å². The maximum absolute atomic E-state index is 12.1. The molecule has 1 aromatic carbocycles. The van der Waals surface area contributed by atoms with Crippen molar-refractivity contribution in [1.29, 1.82) is 0 Å². The van der Waals surface area contributed by atoms with E-state index in [4.69, 9.17) is 4.42 Å². The van der Waals surface area contributed by atoms with Gasteiger partial charge in [0.1, 0.15) is 5.01 Å². The number of anilines is 1. The molecule has 0 saturated carbocycles. The third-order valence-corrected chi connectivity index (χ3v) is 4.61. The van der Waals surface area contributed by atoms with E-state index in [-0.39, 0.29) is 11.7 Å². The average molecular weight is 372 g/mol. The molecule has 0 fully saturated rings. The van der Waals surface area contributed by atoms with Gasteiger partial charge in [-0.1, -0.05) is 17.9 Å². The first-order chi connectivity index (χ1) is 12.0. The molecule has 0 radical (unpaired) electrons. The van der Waals surface area contributed by atoms with E-state index in [1.54, 1.807) is 23.9 Å². The number of aromatic nitrogens is 2. The van der Waals surface area contributed by atoms with Gasteiger partial charge in [-0.15, -0.1) is 12.6 Å². The van der Waals surface area contributed by atoms with E-state index in [2.05, 4.69) is 34.6 Å². The average Bonchev–Trinajstić information content (AvgIpc) is 3.22. The Labute approximate surface area is 153 Å². The summed E-state index contributed by atoms with van der Waals surface area (Å²) in [5, 5.41) is 8.52. The number of hydrogen-bond donors (Lipinski definition) is 2. The number of carbonyl (C=O) groups excluding carboxylic acids is 1. The Kier molecular flexibility index (Phi) is 4.91. The molecule has 0 aliphatic rings. The van der Waals surface area contributed by atoms with E-state index in [0.717, 1.165) is 21.1 Å². The van der Waals surface area contributed by atoms with Crippen LogP contribution in [0, 0.1) is 0 Å². The minimum absolute atomic E-state index is 0.214. The van der Waals surface area contributed by atoms with Gasteiger partial charge in [0.15, 0.2) is 10.9 Å². The molecule has 0 bridgehead atoms. The zero-order chi connectivity index (χ0) is 18.0. The number of allylic oxidation sites excluding steroid dienone is 1. The van der Waals surface area contributed by atoms with Crippen LogP contribution in [0.1, 0.15) is 17.5 Å². The number of nitrogens with zero attached hydrogens (tertiary/aromatic N) is 3. The lowest BCUT2D eigenvalue weighted by atomic mass is 10.2. The van der Waals surface area contributed by atoms with Crippen LogP contribution >= 0.6 is 24.0 Å². The Hall–Kier alpha value is -2.58. The number of hydrogen-bond acceptors (Lipinski definition) is 6. The summed E-state index contributed by atoms with van der Waals surface area (Å²) in [6.45, 7) is 5.78. The molecule has 2 aromatic heterocycles. The Morgan fingerprint density at radius 2 is 2.04 bits per heavy atom. The summed E-state index contributed by atoms with van der Waals surface area (Å²) in [4.78, 5) is 17.1. The standard InChI is InChI=1S/C17H16N4O2S2/c1-10(2)21-17(18-3)25-16(20-21)11-4-6-12(7-5-11)19-15(22)13-8-9-14(24)23-13/h4-9,24H,1H2,2-3H3,(H,19,22). The van der Waals surface area contributed by atoms with Gasteiger partial charge >= 0.3 is 0 Å². The zero-order valence-corrected chi connectivity index (χ0v) is 15.4. The minimum atomic E-state index is -0.325. The predicted octanol–water partition coefficient (Wildman–Crippen LogP) is 3.77. The number of furan rings is 1. The number of rotatable bonds is 4. The normalized spacial score (nSPS) is 11.6. The lowest BCUT2D eigenvalue weighted by molar-refractivity contribution is 0.0992. The summed E-state index contributed by atoms with van der Waals surface area (Å²) in [7, 11) is 1.72. The molecule has 8 heteroatoms. The van der Waals surface area contributed by atoms with Crippen molar-refractivity contribution in [2.24, 2.45) is 4.99 Å². The Morgan fingerprint density at radius 3 is 2.56 bits per heavy atom. The number of thiol groups is 1. The molecule has 3 rings (SSSR count). The smallest absolute Gasteiger partial charge is 0.291 e. The molecule has 1 N–H and O–H groups in total. The van der Waals surface area contributed by atoms with Gasteiger partial charge in [0.2, 0.25) is 4.80 Å². The summed E-state index contributed by atoms with van der Waals surface area (Å²) in [6.07, 6.45) is 0. The maximum Gasteiger partial charge on any atom is 0.291 e. The molecule has 0 aliphatic carbocycles. The minimum Gasteiger partial charge on any atom is -0.445 e. The first-order valence-electron chi connectivity index (χ1n) is 7.37. The van der Waals surface area contributed by atoms with Gasteiger partial charge in [-0.3, -0.25) is 9.79 Å². The van der Waals surface area contributed by atoms with E-state index in [1.807, 2.05) is 31.2 Å². The van der Waals surface area contributed by atoms with Gasteiger partial charge < -0.3 is 9.73 Å². The van der Waals surface area contributed by atoms with Crippen LogP contribution in [0.15, 0.2) is 57.5 Å². The Morgan fingerprint density at radius 1 is 1.32 bits per heavy atom. The summed E-state index contributed by atoms with van der Waals surface area (Å²) in [6, 6.07) is 10.6. The van der Waals surface area contributed by atoms with E-state index in [0.29, 0.717) is 10.8 Å². The fourth-order valence-electron chi connectivity index (χ4n) is 2.13. The van der Waals surface area contributed by atoms with Crippen LogP contribution < -0.4 is 10.1 Å². The second-order valence-corrected chi connectivity index (χ2v) is 6.63. The van der Waals surface area contributed by atoms with Crippen molar-refractivity contribution in [3.8, 4) is 10.6 Å². The third kappa shape index (κ3) is 3.75. The number of nitrogens with one attached hydrogen (secondary N) is 1. The van der Waals surface area contributed by atoms with Crippen molar-refractivity contribution in [2.75, 3.05) is 12.4 Å². The molecular formula is C17H16N4O2S2. The second-order valence-electron chi connectivity index (χ2n) is 5.23. The van der Waals surface area contributed by atoms with Crippen molar-refractivity contribution in [1.82, 2.24) is 9.78 Å². The van der Waals surface area contributed by atoms with Crippen LogP contribution in [0.4, 0.5) is 5.69 Å². The number of benzene rings is 1. The molecular weight excluding hydrogens is 356 g/mol. The predicted molar refractivity (Wildman–Crippen MR) is 102 cm³/mol. The van der Waals surface area contributed by atoms with E-state index >= 15 is 0 Å². The van der Waals surface area contributed by atoms with Gasteiger partial charge in [-0.2, -0.15) is 5.10 Å². The van der Waals surface area contributed by atoms with E-state index in [1.165, 1.54) is 11.3 Å². The topological polar surface area (TPSA) is 72.4 Å². The van der Waals surface area contributed by atoms with Crippen LogP contribution in [0.5, 0.6) is 0 Å². The molecule has 2 heterocycles. The molecule has 6 nitrogen and oxygen atoms in total. The molecule has 25 heavy (non-hydrogen) atoms. The van der Waals surface area contributed by atoms with Gasteiger partial charge in [0, 0.05) is 24.0 Å². The second kappa shape index (κ2) is 7.12. The monoisotopic (exact) mass is 372 g/mol. The van der Waals surface area contributed by atoms with Gasteiger partial charge in [0.25, 0.3) is 5.91 Å². The van der Waals surface area contributed by atoms with Crippen molar-refractivity contribution < 1.29 is 9.21 Å². The summed E-state index contributed by atoms with van der Waals surface area (Å²) in [5.74, 6) is -0.111. The summed E-state index contributed by atoms with van der Waals surface area (Å²) >= 11 is 5.52. The lowest BCUT2D eigenvalue weighted by Crippen LogP contribution is -2.13. The molecule has 0 atom stereocenters. The maximum atomic E-state index is 12.1. The first-order valence-corrected chi connectivity index (χ1v) is 8.64. The molecule has 128 valence electrons. The highest BCUT2D eigenvalue weighted by Crippen LogP contribution is 2.23. The van der Waals surface area contributed by atoms with Gasteiger partial charge in [-0.05, 0) is 43.3 Å². The molecule has 0 spiro atoms. The summed E-state index contributed by atoms with van der Waals surface area (Å²) < 4.78 is 6.89. The van der Waals surface area contributed by atoms with E-state index < -0.39 is 0 Å². The zero-order valence-electron chi connectivity index (χ0n) is 13.7. The fourth-order valence-corrected chi connectivity index (χ4v) is 3.22. The van der Waals surface area contributed by atoms with E-state index in [9.17, 15) is 4.79 Å². The molecule has 0 saturated heterocycles. The van der Waals surface area contributed by atoms with Crippen molar-refractivity contribution in [2.45, 2.75) is 12.0 Å². The number of amides is 1. The van der Waals surface area contributed by atoms with Crippen molar-refractivity contribution >= 4 is 41.3 Å². The molecule has 0 unspecified atom stereocenters. The van der Waals surface area contributed by atoms with Crippen LogP contribution in [0.3, 0.4) is 0 Å². The highest BCUT2D eigenvalue weighted by molar-refractivity contribution is 7.80. The largest absolute Gasteiger partial charge is 0.445 e. The van der Waals surface area contributed by atoms with Crippen molar-refractivity contribution in [3.05, 3.63) is 53.5 Å². The fraction of sp³-hybridized carbons (Fsp3) is 0.118. The van der Waals surface area contributed by atoms with Gasteiger partial charge in [-0.25, -0.2) is 4.68 Å². The van der Waals surface area contributed by atoms with Crippen LogP contribution in [0.25, 0.3) is 16.3 Å². The first kappa shape index (κ1) is 17.2.